The van der Waals surface area contributed by atoms with E-state index in [0.29, 0.717) is 0 Å². The standard InChI is InChI=1S/C18H26ClN3O3S/c1-13-4-3-5-17(14(13)2)22-8-6-21(7-9-22)10-18(23)20-16-12-26(24,25)11-15(16)19/h3-5,15-16H,6-12H2,1-2H3,(H,20,23)/t15-,16+/m1/s1. The molecule has 8 heteroatoms. The number of carbonyl (C=O) groups is 1. The van der Waals surface area contributed by atoms with Crippen molar-refractivity contribution in [3.05, 3.63) is 29.3 Å². The van der Waals surface area contributed by atoms with Gasteiger partial charge in [-0.05, 0) is 31.0 Å². The monoisotopic (exact) mass is 399 g/mol. The molecule has 2 aliphatic heterocycles. The molecular weight excluding hydrogens is 374 g/mol. The third kappa shape index (κ3) is 4.50. The van der Waals surface area contributed by atoms with Crippen molar-refractivity contribution in [3.8, 4) is 0 Å². The molecule has 0 spiro atoms. The molecule has 0 aliphatic carbocycles. The van der Waals surface area contributed by atoms with Gasteiger partial charge in [0.2, 0.25) is 5.91 Å². The summed E-state index contributed by atoms with van der Waals surface area (Å²) in [6.07, 6.45) is 0. The summed E-state index contributed by atoms with van der Waals surface area (Å²) in [6, 6.07) is 5.86. The minimum absolute atomic E-state index is 0.0615. The number of sulfone groups is 1. The molecule has 6 nitrogen and oxygen atoms in total. The number of hydrogen-bond donors (Lipinski definition) is 1. The largest absolute Gasteiger partial charge is 0.369 e. The van der Waals surface area contributed by atoms with Crippen LogP contribution in [0.15, 0.2) is 18.2 Å². The van der Waals surface area contributed by atoms with Crippen molar-refractivity contribution in [2.75, 3.05) is 49.1 Å². The number of benzene rings is 1. The molecule has 1 amide bonds. The fourth-order valence-corrected chi connectivity index (χ4v) is 6.17. The van der Waals surface area contributed by atoms with Crippen LogP contribution in [-0.4, -0.2) is 74.9 Å². The molecule has 0 bridgehead atoms. The van der Waals surface area contributed by atoms with E-state index in [2.05, 4.69) is 47.2 Å². The van der Waals surface area contributed by atoms with Crippen molar-refractivity contribution in [2.24, 2.45) is 0 Å². The minimum Gasteiger partial charge on any atom is -0.369 e. The average Bonchev–Trinajstić information content (AvgIpc) is 2.82. The molecule has 0 saturated carbocycles. The Morgan fingerprint density at radius 1 is 1.19 bits per heavy atom. The van der Waals surface area contributed by atoms with Crippen LogP contribution in [0.4, 0.5) is 5.69 Å². The Labute approximate surface area is 160 Å². The number of nitrogens with zero attached hydrogens (tertiary/aromatic N) is 2. The topological polar surface area (TPSA) is 69.7 Å². The molecule has 2 aliphatic rings. The van der Waals surface area contributed by atoms with E-state index in [4.69, 9.17) is 11.6 Å². The number of alkyl halides is 1. The highest BCUT2D eigenvalue weighted by Crippen LogP contribution is 2.24. The van der Waals surface area contributed by atoms with Gasteiger partial charge in [0, 0.05) is 31.9 Å². The molecule has 0 radical (unpaired) electrons. The van der Waals surface area contributed by atoms with Crippen LogP contribution < -0.4 is 10.2 Å². The fraction of sp³-hybridized carbons (Fsp3) is 0.611. The second-order valence-corrected chi connectivity index (χ2v) is 9.96. The lowest BCUT2D eigenvalue weighted by atomic mass is 10.1. The summed E-state index contributed by atoms with van der Waals surface area (Å²) in [5.74, 6) is -0.278. The summed E-state index contributed by atoms with van der Waals surface area (Å²) in [7, 11) is -3.14. The normalized spacial score (nSPS) is 26.0. The second-order valence-electron chi connectivity index (χ2n) is 7.25. The van der Waals surface area contributed by atoms with Gasteiger partial charge in [-0.1, -0.05) is 12.1 Å². The lowest BCUT2D eigenvalue weighted by molar-refractivity contribution is -0.122. The Bertz CT molecular complexity index is 776. The van der Waals surface area contributed by atoms with Crippen LogP contribution in [0.2, 0.25) is 0 Å². The van der Waals surface area contributed by atoms with Crippen molar-refractivity contribution in [1.29, 1.82) is 0 Å². The number of rotatable bonds is 4. The first-order chi connectivity index (χ1) is 12.2. The van der Waals surface area contributed by atoms with E-state index in [1.807, 2.05) is 0 Å². The van der Waals surface area contributed by atoms with Crippen LogP contribution in [0.25, 0.3) is 0 Å². The van der Waals surface area contributed by atoms with Gasteiger partial charge in [0.05, 0.1) is 29.5 Å². The lowest BCUT2D eigenvalue weighted by Crippen LogP contribution is -2.51. The zero-order valence-electron chi connectivity index (χ0n) is 15.2. The fourth-order valence-electron chi connectivity index (χ4n) is 3.62. The van der Waals surface area contributed by atoms with Gasteiger partial charge < -0.3 is 10.2 Å². The lowest BCUT2D eigenvalue weighted by Gasteiger charge is -2.36. The first-order valence-corrected chi connectivity index (χ1v) is 11.2. The molecule has 1 N–H and O–H groups in total. The van der Waals surface area contributed by atoms with E-state index in [9.17, 15) is 13.2 Å². The smallest absolute Gasteiger partial charge is 0.234 e. The first kappa shape index (κ1) is 19.5. The molecule has 2 heterocycles. The van der Waals surface area contributed by atoms with E-state index < -0.39 is 21.3 Å². The number of piperazine rings is 1. The third-order valence-corrected chi connectivity index (χ3v) is 7.66. The Balaban J connectivity index is 1.49. The van der Waals surface area contributed by atoms with E-state index in [1.54, 1.807) is 0 Å². The molecular formula is C18H26ClN3O3S. The molecule has 144 valence electrons. The van der Waals surface area contributed by atoms with E-state index in [1.165, 1.54) is 16.8 Å². The average molecular weight is 400 g/mol. The number of nitrogens with one attached hydrogen (secondary N) is 1. The quantitative estimate of drug-likeness (QED) is 0.763. The Morgan fingerprint density at radius 3 is 2.50 bits per heavy atom. The number of anilines is 1. The van der Waals surface area contributed by atoms with Crippen molar-refractivity contribution >= 4 is 33.0 Å². The zero-order chi connectivity index (χ0) is 18.9. The minimum atomic E-state index is -3.14. The van der Waals surface area contributed by atoms with Crippen molar-refractivity contribution in [2.45, 2.75) is 25.3 Å². The van der Waals surface area contributed by atoms with Crippen LogP contribution in [0.5, 0.6) is 0 Å². The Morgan fingerprint density at radius 2 is 1.88 bits per heavy atom. The number of aryl methyl sites for hydroxylation is 1. The number of hydrogen-bond acceptors (Lipinski definition) is 5. The molecule has 1 aromatic rings. The van der Waals surface area contributed by atoms with Crippen molar-refractivity contribution in [1.82, 2.24) is 10.2 Å². The maximum atomic E-state index is 12.3. The van der Waals surface area contributed by atoms with E-state index >= 15 is 0 Å². The molecule has 2 fully saturated rings. The van der Waals surface area contributed by atoms with Crippen molar-refractivity contribution < 1.29 is 13.2 Å². The first-order valence-electron chi connectivity index (χ1n) is 8.92. The maximum Gasteiger partial charge on any atom is 0.234 e. The highest BCUT2D eigenvalue weighted by atomic mass is 35.5. The van der Waals surface area contributed by atoms with E-state index in [0.717, 1.165) is 26.2 Å². The van der Waals surface area contributed by atoms with Gasteiger partial charge in [0.1, 0.15) is 0 Å². The summed E-state index contributed by atoms with van der Waals surface area (Å²) in [5, 5.41) is 2.25. The summed E-state index contributed by atoms with van der Waals surface area (Å²) in [4.78, 5) is 16.7. The molecule has 26 heavy (non-hydrogen) atoms. The molecule has 2 saturated heterocycles. The molecule has 0 unspecified atom stereocenters. The summed E-state index contributed by atoms with van der Waals surface area (Å²) >= 11 is 6.05. The Kier molecular flexibility index (Phi) is 5.79. The maximum absolute atomic E-state index is 12.3. The SMILES string of the molecule is Cc1cccc(N2CCN(CC(=O)N[C@H]3CS(=O)(=O)C[C@H]3Cl)CC2)c1C. The van der Waals surface area contributed by atoms with E-state index in [-0.39, 0.29) is 24.0 Å². The summed E-state index contributed by atoms with van der Waals surface area (Å²) in [6.45, 7) is 7.87. The number of amides is 1. The molecule has 3 rings (SSSR count). The van der Waals surface area contributed by atoms with Gasteiger partial charge in [-0.25, -0.2) is 8.42 Å². The third-order valence-electron chi connectivity index (χ3n) is 5.29. The number of halogens is 1. The van der Waals surface area contributed by atoms with Crippen LogP contribution >= 0.6 is 11.6 Å². The second kappa shape index (κ2) is 7.74. The molecule has 1 aromatic carbocycles. The van der Waals surface area contributed by atoms with Gasteiger partial charge in [0.15, 0.2) is 9.84 Å². The number of carbonyl (C=O) groups excluding carboxylic acids is 1. The van der Waals surface area contributed by atoms with Crippen LogP contribution in [-0.2, 0) is 14.6 Å². The highest BCUT2D eigenvalue weighted by Gasteiger charge is 2.37. The summed E-state index contributed by atoms with van der Waals surface area (Å²) in [5.41, 5.74) is 3.84. The van der Waals surface area contributed by atoms with Crippen LogP contribution in [0.1, 0.15) is 11.1 Å². The van der Waals surface area contributed by atoms with Gasteiger partial charge in [0.25, 0.3) is 0 Å². The van der Waals surface area contributed by atoms with Gasteiger partial charge in [-0.2, -0.15) is 0 Å². The van der Waals surface area contributed by atoms with Gasteiger partial charge in [-0.3, -0.25) is 9.69 Å². The van der Waals surface area contributed by atoms with Gasteiger partial charge >= 0.3 is 0 Å². The summed E-state index contributed by atoms with van der Waals surface area (Å²) < 4.78 is 23.2. The van der Waals surface area contributed by atoms with Crippen LogP contribution in [0.3, 0.4) is 0 Å². The van der Waals surface area contributed by atoms with Crippen molar-refractivity contribution in [3.63, 3.8) is 0 Å². The molecule has 0 aromatic heterocycles. The predicted octanol–water partition coefficient (Wildman–Crippen LogP) is 0.946. The zero-order valence-corrected chi connectivity index (χ0v) is 16.8. The molecule has 2 atom stereocenters. The van der Waals surface area contributed by atoms with Crippen LogP contribution in [0, 0.1) is 13.8 Å². The highest BCUT2D eigenvalue weighted by molar-refractivity contribution is 7.91. The Hall–Kier alpha value is -1.31. The van der Waals surface area contributed by atoms with Gasteiger partial charge in [-0.15, -0.1) is 11.6 Å². The predicted molar refractivity (Wildman–Crippen MR) is 105 cm³/mol.